The molecule has 1 heterocycles. The topological polar surface area (TPSA) is 55.2 Å². The second kappa shape index (κ2) is 5.60. The number of fused-ring (bicyclic) bond motifs is 3. The summed E-state index contributed by atoms with van der Waals surface area (Å²) in [5, 5.41) is 15.1. The Hall–Kier alpha value is -2.40. The molecule has 0 amide bonds. The monoisotopic (exact) mass is 344 g/mol. The molecule has 0 fully saturated rings. The van der Waals surface area contributed by atoms with Gasteiger partial charge in [-0.1, -0.05) is 42.0 Å². The van der Waals surface area contributed by atoms with Gasteiger partial charge in [-0.2, -0.15) is 0 Å². The fourth-order valence-electron chi connectivity index (χ4n) is 3.85. The van der Waals surface area contributed by atoms with Crippen molar-refractivity contribution < 1.29 is 9.31 Å². The van der Waals surface area contributed by atoms with Crippen LogP contribution in [0.3, 0.4) is 0 Å². The second-order valence-electron chi connectivity index (χ2n) is 6.11. The van der Waals surface area contributed by atoms with E-state index in [0.717, 1.165) is 6.42 Å². The third-order valence-corrected chi connectivity index (χ3v) is 5.20. The smallest absolute Gasteiger partial charge is 0.275 e. The van der Waals surface area contributed by atoms with Gasteiger partial charge in [0.25, 0.3) is 5.69 Å². The number of nitro benzene ring substituents is 1. The SMILES string of the molecule is O=[N+]([O-])c1ccc(Cl)c2c1[C@@H]1C=CC[C@H]1[C@H](c1ccccc1F)N2. The van der Waals surface area contributed by atoms with Crippen molar-refractivity contribution in [3.8, 4) is 0 Å². The van der Waals surface area contributed by atoms with Crippen molar-refractivity contribution in [3.05, 3.63) is 80.6 Å². The maximum atomic E-state index is 14.3. The Labute approximate surface area is 143 Å². The van der Waals surface area contributed by atoms with E-state index >= 15 is 0 Å². The standard InChI is InChI=1S/C18H14ClFN2O2/c19-13-8-9-15(22(23)24)16-10-5-3-6-11(10)17(21-18(13)16)12-4-1-2-7-14(12)20/h1-5,7-11,17,21H,6H2/t10-,11-,17-/m1/s1. The molecule has 6 heteroatoms. The molecule has 2 aromatic carbocycles. The van der Waals surface area contributed by atoms with Gasteiger partial charge >= 0.3 is 0 Å². The van der Waals surface area contributed by atoms with E-state index in [1.54, 1.807) is 18.2 Å². The summed E-state index contributed by atoms with van der Waals surface area (Å²) in [5.74, 6) is -0.415. The molecule has 0 spiro atoms. The fourth-order valence-corrected chi connectivity index (χ4v) is 4.07. The molecule has 4 rings (SSSR count). The first-order valence-electron chi connectivity index (χ1n) is 7.72. The van der Waals surface area contributed by atoms with Crippen molar-refractivity contribution in [3.63, 3.8) is 0 Å². The number of nitrogens with one attached hydrogen (secondary N) is 1. The zero-order valence-corrected chi connectivity index (χ0v) is 13.3. The maximum Gasteiger partial charge on any atom is 0.275 e. The predicted octanol–water partition coefficient (Wildman–Crippen LogP) is 5.21. The van der Waals surface area contributed by atoms with Crippen molar-refractivity contribution in [1.29, 1.82) is 0 Å². The van der Waals surface area contributed by atoms with E-state index in [4.69, 9.17) is 11.6 Å². The lowest BCUT2D eigenvalue weighted by molar-refractivity contribution is -0.385. The molecule has 4 nitrogen and oxygen atoms in total. The Morgan fingerprint density at radius 3 is 2.79 bits per heavy atom. The summed E-state index contributed by atoms with van der Waals surface area (Å²) in [6.45, 7) is 0. The van der Waals surface area contributed by atoms with Gasteiger partial charge in [0.15, 0.2) is 0 Å². The van der Waals surface area contributed by atoms with Crippen molar-refractivity contribution >= 4 is 23.0 Å². The van der Waals surface area contributed by atoms with Gasteiger partial charge in [0.1, 0.15) is 5.82 Å². The number of benzene rings is 2. The van der Waals surface area contributed by atoms with Crippen molar-refractivity contribution in [2.45, 2.75) is 18.4 Å². The first kappa shape index (κ1) is 15.1. The van der Waals surface area contributed by atoms with Crippen LogP contribution in [-0.2, 0) is 0 Å². The molecule has 24 heavy (non-hydrogen) atoms. The molecular formula is C18H14ClFN2O2. The number of anilines is 1. The van der Waals surface area contributed by atoms with E-state index in [0.29, 0.717) is 21.8 Å². The third-order valence-electron chi connectivity index (χ3n) is 4.88. The molecule has 2 aliphatic rings. The Balaban J connectivity index is 1.90. The van der Waals surface area contributed by atoms with E-state index < -0.39 is 0 Å². The van der Waals surface area contributed by atoms with Crippen LogP contribution >= 0.6 is 11.6 Å². The molecule has 0 bridgehead atoms. The molecular weight excluding hydrogens is 331 g/mol. The summed E-state index contributed by atoms with van der Waals surface area (Å²) >= 11 is 6.30. The number of rotatable bonds is 2. The number of halogens is 2. The minimum absolute atomic E-state index is 0.0200. The van der Waals surface area contributed by atoms with Crippen molar-refractivity contribution in [1.82, 2.24) is 0 Å². The van der Waals surface area contributed by atoms with E-state index in [1.807, 2.05) is 12.2 Å². The second-order valence-corrected chi connectivity index (χ2v) is 6.52. The highest BCUT2D eigenvalue weighted by atomic mass is 35.5. The molecule has 1 aliphatic heterocycles. The minimum atomic E-state index is -0.385. The summed E-state index contributed by atoms with van der Waals surface area (Å²) in [5.41, 5.74) is 1.74. The normalized spacial score (nSPS) is 24.2. The molecule has 0 saturated carbocycles. The molecule has 0 radical (unpaired) electrons. The van der Waals surface area contributed by atoms with Crippen LogP contribution in [0.5, 0.6) is 0 Å². The lowest BCUT2D eigenvalue weighted by Crippen LogP contribution is -2.30. The average molecular weight is 345 g/mol. The van der Waals surface area contributed by atoms with Crippen LogP contribution in [0.1, 0.15) is 29.5 Å². The van der Waals surface area contributed by atoms with Crippen molar-refractivity contribution in [2.75, 3.05) is 5.32 Å². The fraction of sp³-hybridized carbons (Fsp3) is 0.222. The first-order valence-corrected chi connectivity index (χ1v) is 8.10. The number of nitrogens with zero attached hydrogens (tertiary/aromatic N) is 1. The molecule has 0 saturated heterocycles. The lowest BCUT2D eigenvalue weighted by Gasteiger charge is -2.37. The molecule has 3 atom stereocenters. The molecule has 2 aromatic rings. The van der Waals surface area contributed by atoms with E-state index in [1.165, 1.54) is 18.2 Å². The van der Waals surface area contributed by atoms with Gasteiger partial charge in [-0.05, 0) is 24.5 Å². The van der Waals surface area contributed by atoms with Crippen LogP contribution in [-0.4, -0.2) is 4.92 Å². The van der Waals surface area contributed by atoms with Crippen LogP contribution < -0.4 is 5.32 Å². The highest BCUT2D eigenvalue weighted by molar-refractivity contribution is 6.33. The van der Waals surface area contributed by atoms with E-state index in [2.05, 4.69) is 5.32 Å². The zero-order valence-electron chi connectivity index (χ0n) is 12.6. The summed E-state index contributed by atoms with van der Waals surface area (Å²) in [6, 6.07) is 9.30. The highest BCUT2D eigenvalue weighted by Gasteiger charge is 2.43. The van der Waals surface area contributed by atoms with Gasteiger partial charge in [-0.25, -0.2) is 4.39 Å². The molecule has 122 valence electrons. The van der Waals surface area contributed by atoms with E-state index in [9.17, 15) is 14.5 Å². The highest BCUT2D eigenvalue weighted by Crippen LogP contribution is 2.54. The molecule has 1 N–H and O–H groups in total. The maximum absolute atomic E-state index is 14.3. The van der Waals surface area contributed by atoms with Gasteiger partial charge in [-0.15, -0.1) is 0 Å². The molecule has 0 unspecified atom stereocenters. The van der Waals surface area contributed by atoms with Crippen LogP contribution in [0.25, 0.3) is 0 Å². The number of allylic oxidation sites excluding steroid dienone is 2. The number of hydrogen-bond donors (Lipinski definition) is 1. The predicted molar refractivity (Wildman–Crippen MR) is 90.9 cm³/mol. The van der Waals surface area contributed by atoms with Gasteiger partial charge < -0.3 is 5.32 Å². The summed E-state index contributed by atoms with van der Waals surface area (Å²) in [4.78, 5) is 11.0. The third kappa shape index (κ3) is 2.19. The zero-order chi connectivity index (χ0) is 16.8. The number of hydrogen-bond acceptors (Lipinski definition) is 3. The summed E-state index contributed by atoms with van der Waals surface area (Å²) < 4.78 is 14.3. The van der Waals surface area contributed by atoms with Gasteiger partial charge in [-0.3, -0.25) is 10.1 Å². The van der Waals surface area contributed by atoms with Crippen LogP contribution in [0.2, 0.25) is 5.02 Å². The van der Waals surface area contributed by atoms with Crippen LogP contribution in [0, 0.1) is 21.8 Å². The largest absolute Gasteiger partial charge is 0.376 e. The molecule has 1 aliphatic carbocycles. The lowest BCUT2D eigenvalue weighted by atomic mass is 9.76. The average Bonchev–Trinajstić information content (AvgIpc) is 3.05. The van der Waals surface area contributed by atoms with Gasteiger partial charge in [0.2, 0.25) is 0 Å². The molecule has 0 aromatic heterocycles. The quantitative estimate of drug-likeness (QED) is 0.462. The van der Waals surface area contributed by atoms with Crippen LogP contribution in [0.4, 0.5) is 15.8 Å². The summed E-state index contributed by atoms with van der Waals surface area (Å²) in [6.07, 6.45) is 4.71. The van der Waals surface area contributed by atoms with Crippen molar-refractivity contribution in [2.24, 2.45) is 5.92 Å². The Morgan fingerprint density at radius 2 is 2.04 bits per heavy atom. The van der Waals surface area contributed by atoms with Crippen LogP contribution in [0.15, 0.2) is 48.6 Å². The Bertz CT molecular complexity index is 868. The summed E-state index contributed by atoms with van der Waals surface area (Å²) in [7, 11) is 0. The number of nitro groups is 1. The Kier molecular flexibility index (Phi) is 3.53. The minimum Gasteiger partial charge on any atom is -0.376 e. The van der Waals surface area contributed by atoms with E-state index in [-0.39, 0.29) is 34.3 Å². The van der Waals surface area contributed by atoms with Gasteiger partial charge in [0.05, 0.1) is 27.2 Å². The Morgan fingerprint density at radius 1 is 1.25 bits per heavy atom. The first-order chi connectivity index (χ1) is 11.6. The van der Waals surface area contributed by atoms with Gasteiger partial charge in [0, 0.05) is 17.5 Å².